The normalized spacial score (nSPS) is 25.4. The van der Waals surface area contributed by atoms with Crippen LogP contribution in [-0.2, 0) is 4.74 Å². The first-order chi connectivity index (χ1) is 7.79. The van der Waals surface area contributed by atoms with Gasteiger partial charge in [0.15, 0.2) is 0 Å². The highest BCUT2D eigenvalue weighted by molar-refractivity contribution is 9.10. The van der Waals surface area contributed by atoms with Gasteiger partial charge in [0, 0.05) is 22.8 Å². The van der Waals surface area contributed by atoms with Crippen LogP contribution in [0.15, 0.2) is 28.7 Å². The van der Waals surface area contributed by atoms with E-state index in [4.69, 9.17) is 4.74 Å². The summed E-state index contributed by atoms with van der Waals surface area (Å²) < 4.78 is 6.81. The van der Waals surface area contributed by atoms with Crippen molar-refractivity contribution in [2.75, 3.05) is 11.9 Å². The summed E-state index contributed by atoms with van der Waals surface area (Å²) in [6.45, 7) is 3.06. The molecule has 0 amide bonds. The lowest BCUT2D eigenvalue weighted by Crippen LogP contribution is -2.33. The summed E-state index contributed by atoms with van der Waals surface area (Å²) in [5, 5.41) is 3.59. The SMILES string of the molecule is CCC1CC(Nc2ccccc2Br)CCO1. The van der Waals surface area contributed by atoms with Crippen molar-refractivity contribution in [2.24, 2.45) is 0 Å². The smallest absolute Gasteiger partial charge is 0.0592 e. The van der Waals surface area contributed by atoms with E-state index in [0.29, 0.717) is 12.1 Å². The highest BCUT2D eigenvalue weighted by Gasteiger charge is 2.21. The summed E-state index contributed by atoms with van der Waals surface area (Å²) in [6, 6.07) is 8.81. The fraction of sp³-hybridized carbons (Fsp3) is 0.538. The van der Waals surface area contributed by atoms with Crippen LogP contribution in [0.5, 0.6) is 0 Å². The summed E-state index contributed by atoms with van der Waals surface area (Å²) in [6.07, 6.45) is 3.73. The lowest BCUT2D eigenvalue weighted by atomic mass is 10.0. The molecule has 2 rings (SSSR count). The Kier molecular flexibility index (Phi) is 4.24. The molecule has 1 fully saturated rings. The first kappa shape index (κ1) is 11.9. The standard InChI is InChI=1S/C13H18BrNO/c1-2-11-9-10(7-8-16-11)15-13-6-4-3-5-12(13)14/h3-6,10-11,15H,2,7-9H2,1H3. The van der Waals surface area contributed by atoms with Crippen LogP contribution < -0.4 is 5.32 Å². The van der Waals surface area contributed by atoms with Crippen molar-refractivity contribution in [3.8, 4) is 0 Å². The van der Waals surface area contributed by atoms with Gasteiger partial charge in [-0.2, -0.15) is 0 Å². The number of para-hydroxylation sites is 1. The molecule has 0 radical (unpaired) electrons. The molecule has 88 valence electrons. The van der Waals surface area contributed by atoms with Gasteiger partial charge >= 0.3 is 0 Å². The molecule has 0 bridgehead atoms. The Morgan fingerprint density at radius 3 is 3.00 bits per heavy atom. The van der Waals surface area contributed by atoms with Crippen molar-refractivity contribution in [1.29, 1.82) is 0 Å². The van der Waals surface area contributed by atoms with E-state index in [0.717, 1.165) is 30.3 Å². The van der Waals surface area contributed by atoms with Crippen molar-refractivity contribution in [2.45, 2.75) is 38.3 Å². The van der Waals surface area contributed by atoms with E-state index in [2.05, 4.69) is 46.4 Å². The predicted molar refractivity (Wildman–Crippen MR) is 70.8 cm³/mol. The quantitative estimate of drug-likeness (QED) is 0.911. The Balaban J connectivity index is 1.97. The van der Waals surface area contributed by atoms with Crippen LogP contribution in [-0.4, -0.2) is 18.8 Å². The minimum atomic E-state index is 0.425. The molecule has 3 heteroatoms. The zero-order valence-electron chi connectivity index (χ0n) is 9.58. The second kappa shape index (κ2) is 5.69. The number of ether oxygens (including phenoxy) is 1. The average molecular weight is 284 g/mol. The molecule has 0 aromatic heterocycles. The van der Waals surface area contributed by atoms with Crippen molar-refractivity contribution in [3.05, 3.63) is 28.7 Å². The van der Waals surface area contributed by atoms with Crippen LogP contribution in [0.3, 0.4) is 0 Å². The Morgan fingerprint density at radius 1 is 1.44 bits per heavy atom. The topological polar surface area (TPSA) is 21.3 Å². The molecular weight excluding hydrogens is 266 g/mol. The highest BCUT2D eigenvalue weighted by atomic mass is 79.9. The molecule has 1 aromatic rings. The number of rotatable bonds is 3. The highest BCUT2D eigenvalue weighted by Crippen LogP contribution is 2.25. The summed E-state index contributed by atoms with van der Waals surface area (Å²) >= 11 is 3.56. The van der Waals surface area contributed by atoms with E-state index in [9.17, 15) is 0 Å². The maximum Gasteiger partial charge on any atom is 0.0592 e. The van der Waals surface area contributed by atoms with E-state index >= 15 is 0 Å². The zero-order valence-corrected chi connectivity index (χ0v) is 11.2. The van der Waals surface area contributed by atoms with E-state index in [1.165, 1.54) is 5.69 Å². The number of halogens is 1. The lowest BCUT2D eigenvalue weighted by Gasteiger charge is -2.30. The fourth-order valence-corrected chi connectivity index (χ4v) is 2.49. The molecule has 1 N–H and O–H groups in total. The van der Waals surface area contributed by atoms with Crippen LogP contribution in [0.25, 0.3) is 0 Å². The number of nitrogens with one attached hydrogen (secondary N) is 1. The van der Waals surface area contributed by atoms with Crippen molar-refractivity contribution in [3.63, 3.8) is 0 Å². The van der Waals surface area contributed by atoms with Crippen molar-refractivity contribution in [1.82, 2.24) is 0 Å². The van der Waals surface area contributed by atoms with Gasteiger partial charge in [0.05, 0.1) is 6.10 Å². The fourth-order valence-electron chi connectivity index (χ4n) is 2.09. The number of benzene rings is 1. The maximum atomic E-state index is 5.67. The Bertz CT molecular complexity index is 342. The summed E-state index contributed by atoms with van der Waals surface area (Å²) in [5.41, 5.74) is 1.18. The summed E-state index contributed by atoms with van der Waals surface area (Å²) in [4.78, 5) is 0. The Labute approximate surface area is 106 Å². The molecule has 2 nitrogen and oxygen atoms in total. The lowest BCUT2D eigenvalue weighted by molar-refractivity contribution is 0.00925. The van der Waals surface area contributed by atoms with Gasteiger partial charge in [-0.25, -0.2) is 0 Å². The monoisotopic (exact) mass is 283 g/mol. The van der Waals surface area contributed by atoms with Gasteiger partial charge in [0.25, 0.3) is 0 Å². The second-order valence-corrected chi connectivity index (χ2v) is 5.10. The van der Waals surface area contributed by atoms with Crippen LogP contribution in [0.4, 0.5) is 5.69 Å². The van der Waals surface area contributed by atoms with Gasteiger partial charge in [0.2, 0.25) is 0 Å². The summed E-state index contributed by atoms with van der Waals surface area (Å²) in [7, 11) is 0. The zero-order chi connectivity index (χ0) is 11.4. The minimum absolute atomic E-state index is 0.425. The molecule has 0 spiro atoms. The molecule has 2 unspecified atom stereocenters. The van der Waals surface area contributed by atoms with Crippen LogP contribution in [0.1, 0.15) is 26.2 Å². The van der Waals surface area contributed by atoms with E-state index < -0.39 is 0 Å². The molecule has 1 aromatic carbocycles. The van der Waals surface area contributed by atoms with Crippen LogP contribution in [0.2, 0.25) is 0 Å². The third kappa shape index (κ3) is 2.98. The predicted octanol–water partition coefficient (Wildman–Crippen LogP) is 3.82. The molecule has 16 heavy (non-hydrogen) atoms. The van der Waals surface area contributed by atoms with Crippen LogP contribution >= 0.6 is 15.9 Å². The summed E-state index contributed by atoms with van der Waals surface area (Å²) in [5.74, 6) is 0. The Hall–Kier alpha value is -0.540. The molecule has 1 aliphatic rings. The van der Waals surface area contributed by atoms with E-state index in [-0.39, 0.29) is 0 Å². The number of hydrogen-bond donors (Lipinski definition) is 1. The molecule has 2 atom stereocenters. The first-order valence-electron chi connectivity index (χ1n) is 5.92. The van der Waals surface area contributed by atoms with Gasteiger partial charge in [-0.05, 0) is 47.3 Å². The first-order valence-corrected chi connectivity index (χ1v) is 6.71. The van der Waals surface area contributed by atoms with Crippen LogP contribution in [0, 0.1) is 0 Å². The molecule has 1 heterocycles. The molecule has 1 aliphatic heterocycles. The van der Waals surface area contributed by atoms with Gasteiger partial charge in [0.1, 0.15) is 0 Å². The van der Waals surface area contributed by atoms with Gasteiger partial charge in [-0.15, -0.1) is 0 Å². The second-order valence-electron chi connectivity index (χ2n) is 4.25. The van der Waals surface area contributed by atoms with Gasteiger partial charge in [-0.1, -0.05) is 19.1 Å². The molecular formula is C13H18BrNO. The average Bonchev–Trinajstić information content (AvgIpc) is 2.32. The molecule has 0 aliphatic carbocycles. The van der Waals surface area contributed by atoms with E-state index in [1.54, 1.807) is 0 Å². The third-order valence-electron chi connectivity index (χ3n) is 3.06. The van der Waals surface area contributed by atoms with Crippen molar-refractivity contribution < 1.29 is 4.74 Å². The maximum absolute atomic E-state index is 5.67. The van der Waals surface area contributed by atoms with E-state index in [1.807, 2.05) is 6.07 Å². The minimum Gasteiger partial charge on any atom is -0.381 e. The number of hydrogen-bond acceptors (Lipinski definition) is 2. The number of anilines is 1. The molecule has 0 saturated carbocycles. The largest absolute Gasteiger partial charge is 0.381 e. The van der Waals surface area contributed by atoms with Gasteiger partial charge in [-0.3, -0.25) is 0 Å². The van der Waals surface area contributed by atoms with Crippen molar-refractivity contribution >= 4 is 21.6 Å². The Morgan fingerprint density at radius 2 is 2.25 bits per heavy atom. The molecule has 1 saturated heterocycles. The van der Waals surface area contributed by atoms with Gasteiger partial charge < -0.3 is 10.1 Å². The third-order valence-corrected chi connectivity index (χ3v) is 3.75.